The van der Waals surface area contributed by atoms with Crippen LogP contribution in [0.4, 0.5) is 0 Å². The molecule has 0 spiro atoms. The summed E-state index contributed by atoms with van der Waals surface area (Å²) in [4.78, 5) is 14.4. The highest BCUT2D eigenvalue weighted by atomic mass is 16.1. The van der Waals surface area contributed by atoms with Gasteiger partial charge in [-0.15, -0.1) is 0 Å². The van der Waals surface area contributed by atoms with Gasteiger partial charge in [0.2, 0.25) is 5.91 Å². The molecular weight excluding hydrogens is 260 g/mol. The molecule has 0 radical (unpaired) electrons. The predicted octanol–water partition coefficient (Wildman–Crippen LogP) is 3.73. The van der Waals surface area contributed by atoms with Crippen LogP contribution in [0.3, 0.4) is 0 Å². The Hall–Kier alpha value is -0.570. The third-order valence-corrected chi connectivity index (χ3v) is 5.18. The van der Waals surface area contributed by atoms with Crippen molar-refractivity contribution in [2.75, 3.05) is 26.2 Å². The molecule has 0 aromatic rings. The molecule has 3 nitrogen and oxygen atoms in total. The van der Waals surface area contributed by atoms with Gasteiger partial charge in [-0.3, -0.25) is 4.79 Å². The quantitative estimate of drug-likeness (QED) is 0.726. The molecule has 1 saturated heterocycles. The summed E-state index contributed by atoms with van der Waals surface area (Å²) in [6, 6.07) is 0. The van der Waals surface area contributed by atoms with Gasteiger partial charge in [-0.2, -0.15) is 0 Å². The molecule has 2 aliphatic rings. The van der Waals surface area contributed by atoms with E-state index in [0.29, 0.717) is 0 Å². The highest BCUT2D eigenvalue weighted by Crippen LogP contribution is 2.27. The lowest BCUT2D eigenvalue weighted by Gasteiger charge is -2.21. The summed E-state index contributed by atoms with van der Waals surface area (Å²) in [6.45, 7) is 4.54. The van der Waals surface area contributed by atoms with Gasteiger partial charge in [0.05, 0.1) is 0 Å². The zero-order valence-electron chi connectivity index (χ0n) is 13.7. The summed E-state index contributed by atoms with van der Waals surface area (Å²) in [7, 11) is 0. The summed E-state index contributed by atoms with van der Waals surface area (Å²) < 4.78 is 0. The standard InChI is InChI=1S/C18H34N2O/c21-18(12-11-17-9-4-3-5-10-17)19-13-8-16-20-14-6-1-2-7-15-20/h17H,1-16H2,(H,19,21). The Kier molecular flexibility index (Phi) is 8.16. The average Bonchev–Trinajstić information content (AvgIpc) is 2.79. The smallest absolute Gasteiger partial charge is 0.220 e. The van der Waals surface area contributed by atoms with E-state index < -0.39 is 0 Å². The van der Waals surface area contributed by atoms with Crippen LogP contribution in [0.2, 0.25) is 0 Å². The number of rotatable bonds is 7. The maximum atomic E-state index is 11.9. The van der Waals surface area contributed by atoms with E-state index in [4.69, 9.17) is 0 Å². The number of amides is 1. The molecule has 1 N–H and O–H groups in total. The SMILES string of the molecule is O=C(CCC1CCCCC1)NCCCN1CCCCCC1. The third kappa shape index (κ3) is 7.30. The minimum absolute atomic E-state index is 0.274. The van der Waals surface area contributed by atoms with E-state index in [-0.39, 0.29) is 5.91 Å². The van der Waals surface area contributed by atoms with E-state index in [1.807, 2.05) is 0 Å². The van der Waals surface area contributed by atoms with Crippen LogP contribution >= 0.6 is 0 Å². The van der Waals surface area contributed by atoms with Crippen LogP contribution in [0.15, 0.2) is 0 Å². The average molecular weight is 294 g/mol. The van der Waals surface area contributed by atoms with E-state index in [2.05, 4.69) is 10.2 Å². The number of nitrogens with zero attached hydrogens (tertiary/aromatic N) is 1. The number of likely N-dealkylation sites (tertiary alicyclic amines) is 1. The predicted molar refractivity (Wildman–Crippen MR) is 88.3 cm³/mol. The van der Waals surface area contributed by atoms with Crippen molar-refractivity contribution in [3.05, 3.63) is 0 Å². The van der Waals surface area contributed by atoms with Gasteiger partial charge in [-0.05, 0) is 51.2 Å². The van der Waals surface area contributed by atoms with Gasteiger partial charge in [-0.25, -0.2) is 0 Å². The van der Waals surface area contributed by atoms with Crippen LogP contribution in [-0.2, 0) is 4.79 Å². The summed E-state index contributed by atoms with van der Waals surface area (Å²) in [5.41, 5.74) is 0. The maximum Gasteiger partial charge on any atom is 0.220 e. The van der Waals surface area contributed by atoms with E-state index in [9.17, 15) is 4.79 Å². The first-order chi connectivity index (χ1) is 10.3. The van der Waals surface area contributed by atoms with E-state index in [0.717, 1.165) is 38.3 Å². The van der Waals surface area contributed by atoms with Crippen molar-refractivity contribution in [2.24, 2.45) is 5.92 Å². The molecule has 0 bridgehead atoms. The van der Waals surface area contributed by atoms with Gasteiger partial charge in [-0.1, -0.05) is 44.9 Å². The van der Waals surface area contributed by atoms with Gasteiger partial charge in [0.1, 0.15) is 0 Å². The molecule has 2 rings (SSSR count). The summed E-state index contributed by atoms with van der Waals surface area (Å²) in [6.07, 6.45) is 15.3. The van der Waals surface area contributed by atoms with Crippen molar-refractivity contribution < 1.29 is 4.79 Å². The second-order valence-corrected chi connectivity index (χ2v) is 7.00. The Balaban J connectivity index is 1.46. The minimum atomic E-state index is 0.274. The van der Waals surface area contributed by atoms with Gasteiger partial charge in [0.15, 0.2) is 0 Å². The minimum Gasteiger partial charge on any atom is -0.356 e. The molecule has 0 unspecified atom stereocenters. The van der Waals surface area contributed by atoms with Gasteiger partial charge in [0.25, 0.3) is 0 Å². The lowest BCUT2D eigenvalue weighted by Crippen LogP contribution is -2.30. The van der Waals surface area contributed by atoms with Crippen LogP contribution in [0.25, 0.3) is 0 Å². The summed E-state index contributed by atoms with van der Waals surface area (Å²) in [5.74, 6) is 1.10. The molecular formula is C18H34N2O. The Labute approximate surface area is 130 Å². The monoisotopic (exact) mass is 294 g/mol. The fraction of sp³-hybridized carbons (Fsp3) is 0.944. The fourth-order valence-corrected chi connectivity index (χ4v) is 3.79. The Morgan fingerprint density at radius 1 is 0.952 bits per heavy atom. The molecule has 1 aliphatic heterocycles. The fourth-order valence-electron chi connectivity index (χ4n) is 3.79. The first-order valence-corrected chi connectivity index (χ1v) is 9.33. The normalized spacial score (nSPS) is 21.9. The van der Waals surface area contributed by atoms with Crippen molar-refractivity contribution in [1.29, 1.82) is 0 Å². The summed E-state index contributed by atoms with van der Waals surface area (Å²) in [5, 5.41) is 3.11. The first-order valence-electron chi connectivity index (χ1n) is 9.33. The second-order valence-electron chi connectivity index (χ2n) is 7.00. The van der Waals surface area contributed by atoms with Crippen molar-refractivity contribution in [2.45, 2.75) is 77.0 Å². The van der Waals surface area contributed by atoms with Crippen LogP contribution in [0, 0.1) is 5.92 Å². The Bertz CT molecular complexity index is 279. The summed E-state index contributed by atoms with van der Waals surface area (Å²) >= 11 is 0. The van der Waals surface area contributed by atoms with E-state index in [1.54, 1.807) is 0 Å². The largest absolute Gasteiger partial charge is 0.356 e. The molecule has 1 amide bonds. The molecule has 21 heavy (non-hydrogen) atoms. The Morgan fingerprint density at radius 2 is 1.62 bits per heavy atom. The molecule has 2 fully saturated rings. The zero-order chi connectivity index (χ0) is 14.8. The van der Waals surface area contributed by atoms with Crippen molar-refractivity contribution in [3.63, 3.8) is 0 Å². The molecule has 1 aliphatic carbocycles. The Morgan fingerprint density at radius 3 is 2.33 bits per heavy atom. The van der Waals surface area contributed by atoms with Crippen LogP contribution in [0.1, 0.15) is 77.0 Å². The van der Waals surface area contributed by atoms with Crippen LogP contribution < -0.4 is 5.32 Å². The van der Waals surface area contributed by atoms with Gasteiger partial charge >= 0.3 is 0 Å². The van der Waals surface area contributed by atoms with Crippen molar-refractivity contribution in [1.82, 2.24) is 10.2 Å². The van der Waals surface area contributed by atoms with Crippen LogP contribution in [0.5, 0.6) is 0 Å². The molecule has 1 heterocycles. The van der Waals surface area contributed by atoms with E-state index in [1.165, 1.54) is 70.9 Å². The molecule has 3 heteroatoms. The zero-order valence-corrected chi connectivity index (χ0v) is 13.7. The van der Waals surface area contributed by atoms with Gasteiger partial charge in [0, 0.05) is 13.0 Å². The second kappa shape index (κ2) is 10.2. The van der Waals surface area contributed by atoms with Crippen LogP contribution in [-0.4, -0.2) is 37.0 Å². The highest BCUT2D eigenvalue weighted by Gasteiger charge is 2.14. The lowest BCUT2D eigenvalue weighted by atomic mass is 9.86. The topological polar surface area (TPSA) is 32.3 Å². The van der Waals surface area contributed by atoms with E-state index >= 15 is 0 Å². The number of hydrogen-bond donors (Lipinski definition) is 1. The maximum absolute atomic E-state index is 11.9. The first kappa shape index (κ1) is 16.8. The van der Waals surface area contributed by atoms with Crippen molar-refractivity contribution in [3.8, 4) is 0 Å². The molecule has 122 valence electrons. The molecule has 0 aromatic heterocycles. The number of carbonyl (C=O) groups excluding carboxylic acids is 1. The third-order valence-electron chi connectivity index (χ3n) is 5.18. The van der Waals surface area contributed by atoms with Gasteiger partial charge < -0.3 is 10.2 Å². The number of nitrogens with one attached hydrogen (secondary N) is 1. The van der Waals surface area contributed by atoms with Crippen molar-refractivity contribution >= 4 is 5.91 Å². The molecule has 1 saturated carbocycles. The highest BCUT2D eigenvalue weighted by molar-refractivity contribution is 5.75. The number of carbonyl (C=O) groups is 1. The number of hydrogen-bond acceptors (Lipinski definition) is 2. The molecule has 0 atom stereocenters. The lowest BCUT2D eigenvalue weighted by molar-refractivity contribution is -0.121. The molecule has 0 aromatic carbocycles.